The van der Waals surface area contributed by atoms with Crippen molar-refractivity contribution in [2.45, 2.75) is 0 Å². The Morgan fingerprint density at radius 3 is 2.13 bits per heavy atom. The Kier molecular flexibility index (Phi) is 4.08. The van der Waals surface area contributed by atoms with Gasteiger partial charge < -0.3 is 4.57 Å². The van der Waals surface area contributed by atoms with E-state index < -0.39 is 0 Å². The average molecular weight is 495 g/mol. The summed E-state index contributed by atoms with van der Waals surface area (Å²) in [5.41, 5.74) is 11.4. The zero-order valence-electron chi connectivity index (χ0n) is 21.1. The monoisotopic (exact) mass is 494 g/mol. The topological polar surface area (TPSA) is 17.8 Å². The van der Waals surface area contributed by atoms with E-state index in [9.17, 15) is 0 Å². The first kappa shape index (κ1) is 20.8. The SMILES string of the molecule is c1ccc(-n2c3ccc(-c4ccc5c6c(cccc46)-c4ccccc4-5)cc3c3ccc4cnccc4c32)cc1. The van der Waals surface area contributed by atoms with Crippen LogP contribution in [0.4, 0.5) is 0 Å². The van der Waals surface area contributed by atoms with E-state index in [4.69, 9.17) is 0 Å². The van der Waals surface area contributed by atoms with E-state index in [1.807, 2.05) is 12.4 Å². The molecular formula is C37H22N2. The van der Waals surface area contributed by atoms with Crippen molar-refractivity contribution in [2.75, 3.05) is 0 Å². The Morgan fingerprint density at radius 1 is 0.487 bits per heavy atom. The third-order valence-electron chi connectivity index (χ3n) is 8.42. The second-order valence-corrected chi connectivity index (χ2v) is 10.4. The third-order valence-corrected chi connectivity index (χ3v) is 8.42. The van der Waals surface area contributed by atoms with Gasteiger partial charge in [-0.2, -0.15) is 0 Å². The molecule has 6 aromatic carbocycles. The molecule has 8 aromatic rings. The minimum absolute atomic E-state index is 1.15. The van der Waals surface area contributed by atoms with Crippen molar-refractivity contribution >= 4 is 43.4 Å². The number of hydrogen-bond acceptors (Lipinski definition) is 1. The van der Waals surface area contributed by atoms with Gasteiger partial charge in [0.05, 0.1) is 11.0 Å². The van der Waals surface area contributed by atoms with Crippen LogP contribution >= 0.6 is 0 Å². The fourth-order valence-corrected chi connectivity index (χ4v) is 6.75. The molecule has 9 rings (SSSR count). The average Bonchev–Trinajstić information content (AvgIpc) is 3.52. The van der Waals surface area contributed by atoms with Crippen LogP contribution in [0.2, 0.25) is 0 Å². The first-order valence-electron chi connectivity index (χ1n) is 13.4. The molecule has 0 radical (unpaired) electrons. The largest absolute Gasteiger partial charge is 0.309 e. The summed E-state index contributed by atoms with van der Waals surface area (Å²) in [5.74, 6) is 0. The van der Waals surface area contributed by atoms with Crippen molar-refractivity contribution in [3.63, 3.8) is 0 Å². The van der Waals surface area contributed by atoms with Gasteiger partial charge in [0.15, 0.2) is 0 Å². The highest BCUT2D eigenvalue weighted by molar-refractivity contribution is 6.21. The fraction of sp³-hybridized carbons (Fsp3) is 0. The maximum atomic E-state index is 4.38. The molecule has 2 heterocycles. The van der Waals surface area contributed by atoms with Crippen LogP contribution in [0.25, 0.3) is 82.4 Å². The number of fused-ring (bicyclic) bond motifs is 8. The van der Waals surface area contributed by atoms with Crippen molar-refractivity contribution in [2.24, 2.45) is 0 Å². The van der Waals surface area contributed by atoms with Gasteiger partial charge in [0, 0.05) is 39.6 Å². The Bertz CT molecular complexity index is 2240. The van der Waals surface area contributed by atoms with E-state index in [1.54, 1.807) is 0 Å². The molecule has 0 aliphatic heterocycles. The summed E-state index contributed by atoms with van der Waals surface area (Å²) < 4.78 is 2.40. The molecule has 2 aromatic heterocycles. The Morgan fingerprint density at radius 2 is 1.26 bits per heavy atom. The lowest BCUT2D eigenvalue weighted by molar-refractivity contribution is 1.19. The molecule has 0 saturated heterocycles. The molecule has 1 aliphatic rings. The van der Waals surface area contributed by atoms with Crippen LogP contribution in [-0.2, 0) is 0 Å². The van der Waals surface area contributed by atoms with Gasteiger partial charge in [-0.15, -0.1) is 0 Å². The van der Waals surface area contributed by atoms with Gasteiger partial charge in [0.1, 0.15) is 0 Å². The molecule has 0 saturated carbocycles. The van der Waals surface area contributed by atoms with Crippen LogP contribution in [0.3, 0.4) is 0 Å². The van der Waals surface area contributed by atoms with Crippen molar-refractivity contribution in [1.29, 1.82) is 0 Å². The first-order valence-corrected chi connectivity index (χ1v) is 13.4. The molecule has 0 atom stereocenters. The number of nitrogens with zero attached hydrogens (tertiary/aromatic N) is 2. The van der Waals surface area contributed by atoms with Crippen molar-refractivity contribution in [1.82, 2.24) is 9.55 Å². The zero-order valence-corrected chi connectivity index (χ0v) is 21.1. The maximum absolute atomic E-state index is 4.38. The van der Waals surface area contributed by atoms with Crippen molar-refractivity contribution in [3.8, 4) is 39.1 Å². The van der Waals surface area contributed by atoms with Crippen LogP contribution in [0.5, 0.6) is 0 Å². The Balaban J connectivity index is 1.36. The van der Waals surface area contributed by atoms with Crippen molar-refractivity contribution in [3.05, 3.63) is 134 Å². The minimum atomic E-state index is 1.15. The fourth-order valence-electron chi connectivity index (χ4n) is 6.75. The Labute approximate surface area is 225 Å². The van der Waals surface area contributed by atoms with Gasteiger partial charge in [-0.3, -0.25) is 4.98 Å². The van der Waals surface area contributed by atoms with Crippen molar-refractivity contribution < 1.29 is 0 Å². The smallest absolute Gasteiger partial charge is 0.0620 e. The number of rotatable bonds is 2. The summed E-state index contributed by atoms with van der Waals surface area (Å²) in [4.78, 5) is 4.38. The summed E-state index contributed by atoms with van der Waals surface area (Å²) in [6.07, 6.45) is 3.85. The molecule has 0 N–H and O–H groups in total. The summed E-state index contributed by atoms with van der Waals surface area (Å²) in [6, 6.07) is 44.4. The number of benzene rings is 6. The second-order valence-electron chi connectivity index (χ2n) is 10.4. The Hall–Kier alpha value is -5.21. The molecular weight excluding hydrogens is 472 g/mol. The number of hydrogen-bond donors (Lipinski definition) is 0. The standard InChI is InChI=1S/C37H22N2/c1-2-7-25(8-3-1)39-35-18-14-23(21-34(35)33-15-13-24-22-38-20-19-27(24)37(33)39)26-16-17-32-29-10-5-4-9-28(29)31-12-6-11-30(26)36(31)32/h1-22H. The van der Waals surface area contributed by atoms with Gasteiger partial charge >= 0.3 is 0 Å². The van der Waals surface area contributed by atoms with Crippen LogP contribution in [0, 0.1) is 0 Å². The van der Waals surface area contributed by atoms with Gasteiger partial charge in [-0.05, 0) is 74.5 Å². The highest BCUT2D eigenvalue weighted by Gasteiger charge is 2.23. The van der Waals surface area contributed by atoms with E-state index >= 15 is 0 Å². The second kappa shape index (κ2) is 7.66. The van der Waals surface area contributed by atoms with E-state index in [0.717, 1.165) is 11.1 Å². The van der Waals surface area contributed by atoms with Gasteiger partial charge in [0.25, 0.3) is 0 Å². The molecule has 0 unspecified atom stereocenters. The summed E-state index contributed by atoms with van der Waals surface area (Å²) in [7, 11) is 0. The lowest BCUT2D eigenvalue weighted by atomic mass is 9.93. The first-order chi connectivity index (χ1) is 19.4. The summed E-state index contributed by atoms with van der Waals surface area (Å²) >= 11 is 0. The molecule has 180 valence electrons. The molecule has 39 heavy (non-hydrogen) atoms. The highest BCUT2D eigenvalue weighted by atomic mass is 15.0. The molecule has 0 spiro atoms. The van der Waals surface area contributed by atoms with E-state index in [0.29, 0.717) is 0 Å². The lowest BCUT2D eigenvalue weighted by Crippen LogP contribution is -1.94. The van der Waals surface area contributed by atoms with Crippen LogP contribution in [0.15, 0.2) is 134 Å². The highest BCUT2D eigenvalue weighted by Crippen LogP contribution is 2.49. The number of para-hydroxylation sites is 1. The zero-order chi connectivity index (χ0) is 25.5. The van der Waals surface area contributed by atoms with Crippen LogP contribution in [0.1, 0.15) is 0 Å². The third kappa shape index (κ3) is 2.78. The van der Waals surface area contributed by atoms with E-state index in [-0.39, 0.29) is 0 Å². The van der Waals surface area contributed by atoms with E-state index in [1.165, 1.54) is 71.3 Å². The predicted octanol–water partition coefficient (Wildman–Crippen LogP) is 9.80. The molecule has 0 amide bonds. The molecule has 0 bridgehead atoms. The molecule has 1 aliphatic carbocycles. The summed E-state index contributed by atoms with van der Waals surface area (Å²) in [6.45, 7) is 0. The van der Waals surface area contributed by atoms with Crippen LogP contribution in [-0.4, -0.2) is 9.55 Å². The molecule has 2 nitrogen and oxygen atoms in total. The lowest BCUT2D eigenvalue weighted by Gasteiger charge is -2.11. The normalized spacial score (nSPS) is 12.1. The van der Waals surface area contributed by atoms with Gasteiger partial charge in [-0.25, -0.2) is 0 Å². The number of aromatic nitrogens is 2. The van der Waals surface area contributed by atoms with E-state index in [2.05, 4.69) is 131 Å². The molecule has 0 fully saturated rings. The molecule has 2 heteroatoms. The number of pyridine rings is 1. The maximum Gasteiger partial charge on any atom is 0.0620 e. The minimum Gasteiger partial charge on any atom is -0.309 e. The quantitative estimate of drug-likeness (QED) is 0.234. The van der Waals surface area contributed by atoms with Gasteiger partial charge in [0.2, 0.25) is 0 Å². The summed E-state index contributed by atoms with van der Waals surface area (Å²) in [5, 5.41) is 7.55. The van der Waals surface area contributed by atoms with Crippen LogP contribution < -0.4 is 0 Å². The van der Waals surface area contributed by atoms with Gasteiger partial charge in [-0.1, -0.05) is 91.0 Å². The predicted molar refractivity (Wildman–Crippen MR) is 163 cm³/mol.